The van der Waals surface area contributed by atoms with Gasteiger partial charge in [-0.2, -0.15) is 5.10 Å². The number of anilines is 1. The van der Waals surface area contributed by atoms with Crippen molar-refractivity contribution in [1.29, 1.82) is 0 Å². The number of nitrogens with one attached hydrogen (secondary N) is 2. The van der Waals surface area contributed by atoms with Crippen molar-refractivity contribution in [1.82, 2.24) is 15.1 Å². The third kappa shape index (κ3) is 3.38. The Labute approximate surface area is 119 Å². The van der Waals surface area contributed by atoms with Crippen molar-refractivity contribution in [2.45, 2.75) is 26.4 Å². The summed E-state index contributed by atoms with van der Waals surface area (Å²) in [5, 5.41) is 10.3. The largest absolute Gasteiger partial charge is 0.379 e. The molecule has 0 aliphatic carbocycles. The third-order valence-electron chi connectivity index (χ3n) is 3.21. The lowest BCUT2D eigenvalue weighted by molar-refractivity contribution is -0.119. The number of hydrogen-bond acceptors (Lipinski definition) is 3. The van der Waals surface area contributed by atoms with Gasteiger partial charge in [-0.15, -0.1) is 0 Å². The maximum Gasteiger partial charge on any atom is 0.224 e. The van der Waals surface area contributed by atoms with Gasteiger partial charge in [0.2, 0.25) is 5.91 Å². The minimum Gasteiger partial charge on any atom is -0.379 e. The molecule has 5 heteroatoms. The van der Waals surface area contributed by atoms with Gasteiger partial charge >= 0.3 is 0 Å². The predicted molar refractivity (Wildman–Crippen MR) is 79.4 cm³/mol. The maximum atomic E-state index is 11.5. The first-order chi connectivity index (χ1) is 9.74. The van der Waals surface area contributed by atoms with Crippen LogP contribution in [0.4, 0.5) is 5.69 Å². The van der Waals surface area contributed by atoms with Gasteiger partial charge in [0, 0.05) is 25.5 Å². The van der Waals surface area contributed by atoms with E-state index in [1.54, 1.807) is 13.2 Å². The summed E-state index contributed by atoms with van der Waals surface area (Å²) in [6.07, 6.45) is 2.18. The van der Waals surface area contributed by atoms with Crippen molar-refractivity contribution < 1.29 is 4.79 Å². The highest BCUT2D eigenvalue weighted by Crippen LogP contribution is 2.16. The number of likely N-dealkylation sites (N-methyl/N-ethyl adjacent to an activating group) is 1. The zero-order chi connectivity index (χ0) is 14.4. The van der Waals surface area contributed by atoms with Crippen LogP contribution in [0.3, 0.4) is 0 Å². The fourth-order valence-electron chi connectivity index (χ4n) is 2.09. The Hall–Kier alpha value is -2.30. The maximum absolute atomic E-state index is 11.5. The standard InChI is InChI=1S/C15H20N4O/c1-3-19-13(8-9-18-19)11-17-14-7-5-4-6-12(14)10-15(20)16-2/h4-9,17H,3,10-11H2,1-2H3,(H,16,20). The van der Waals surface area contributed by atoms with Gasteiger partial charge in [-0.05, 0) is 24.6 Å². The second-order valence-corrected chi connectivity index (χ2v) is 4.50. The predicted octanol–water partition coefficient (Wildman–Crippen LogP) is 1.80. The van der Waals surface area contributed by atoms with Crippen LogP contribution in [0.5, 0.6) is 0 Å². The lowest BCUT2D eigenvalue weighted by atomic mass is 10.1. The Balaban J connectivity index is 2.07. The van der Waals surface area contributed by atoms with Gasteiger partial charge in [0.25, 0.3) is 0 Å². The van der Waals surface area contributed by atoms with Crippen molar-refractivity contribution in [3.63, 3.8) is 0 Å². The molecule has 1 amide bonds. The number of nitrogens with zero attached hydrogens (tertiary/aromatic N) is 2. The van der Waals surface area contributed by atoms with Crippen LogP contribution in [-0.2, 0) is 24.3 Å². The molecule has 1 aromatic heterocycles. The molecule has 0 aliphatic rings. The molecule has 0 saturated heterocycles. The van der Waals surface area contributed by atoms with Gasteiger partial charge in [-0.25, -0.2) is 0 Å². The summed E-state index contributed by atoms with van der Waals surface area (Å²) in [5.74, 6) is 0.0119. The summed E-state index contributed by atoms with van der Waals surface area (Å²) in [5.41, 5.74) is 3.11. The first-order valence-electron chi connectivity index (χ1n) is 6.77. The average Bonchev–Trinajstić information content (AvgIpc) is 2.93. The third-order valence-corrected chi connectivity index (χ3v) is 3.21. The molecular formula is C15H20N4O. The molecule has 2 aromatic rings. The van der Waals surface area contributed by atoms with E-state index in [9.17, 15) is 4.79 Å². The zero-order valence-corrected chi connectivity index (χ0v) is 11.9. The van der Waals surface area contributed by atoms with E-state index in [1.807, 2.05) is 35.0 Å². The number of benzene rings is 1. The Kier molecular flexibility index (Phi) is 4.76. The smallest absolute Gasteiger partial charge is 0.224 e. The lowest BCUT2D eigenvalue weighted by Gasteiger charge is -2.12. The van der Waals surface area contributed by atoms with Gasteiger partial charge in [0.15, 0.2) is 0 Å². The molecule has 5 nitrogen and oxygen atoms in total. The number of aromatic nitrogens is 2. The highest BCUT2D eigenvalue weighted by molar-refractivity contribution is 5.80. The Morgan fingerprint density at radius 1 is 1.30 bits per heavy atom. The lowest BCUT2D eigenvalue weighted by Crippen LogP contribution is -2.20. The quantitative estimate of drug-likeness (QED) is 0.843. The molecule has 0 bridgehead atoms. The minimum atomic E-state index is 0.0119. The molecule has 2 rings (SSSR count). The second-order valence-electron chi connectivity index (χ2n) is 4.50. The van der Waals surface area contributed by atoms with Crippen LogP contribution in [0.2, 0.25) is 0 Å². The summed E-state index contributed by atoms with van der Waals surface area (Å²) in [6.45, 7) is 3.61. The Morgan fingerprint density at radius 2 is 2.10 bits per heavy atom. The normalized spacial score (nSPS) is 10.3. The van der Waals surface area contributed by atoms with Crippen LogP contribution >= 0.6 is 0 Å². The molecule has 20 heavy (non-hydrogen) atoms. The molecule has 0 saturated carbocycles. The van der Waals surface area contributed by atoms with Crippen molar-refractivity contribution in [3.8, 4) is 0 Å². The molecular weight excluding hydrogens is 252 g/mol. The molecule has 0 spiro atoms. The minimum absolute atomic E-state index is 0.0119. The average molecular weight is 272 g/mol. The molecule has 0 unspecified atom stereocenters. The first kappa shape index (κ1) is 14.1. The van der Waals surface area contributed by atoms with Gasteiger partial charge in [-0.3, -0.25) is 9.48 Å². The van der Waals surface area contributed by atoms with E-state index in [4.69, 9.17) is 0 Å². The van der Waals surface area contributed by atoms with E-state index in [0.717, 1.165) is 23.5 Å². The van der Waals surface area contributed by atoms with Crippen molar-refractivity contribution >= 4 is 11.6 Å². The highest BCUT2D eigenvalue weighted by Gasteiger charge is 2.07. The highest BCUT2D eigenvalue weighted by atomic mass is 16.1. The second kappa shape index (κ2) is 6.75. The number of rotatable bonds is 6. The number of aryl methyl sites for hydroxylation is 1. The van der Waals surface area contributed by atoms with E-state index < -0.39 is 0 Å². The van der Waals surface area contributed by atoms with Crippen molar-refractivity contribution in [2.24, 2.45) is 0 Å². The molecule has 0 aliphatic heterocycles. The van der Waals surface area contributed by atoms with Crippen LogP contribution in [-0.4, -0.2) is 22.7 Å². The molecule has 0 radical (unpaired) electrons. The number of carbonyl (C=O) groups excluding carboxylic acids is 1. The summed E-state index contributed by atoms with van der Waals surface area (Å²) >= 11 is 0. The monoisotopic (exact) mass is 272 g/mol. The van der Waals surface area contributed by atoms with E-state index in [2.05, 4.69) is 22.7 Å². The zero-order valence-electron chi connectivity index (χ0n) is 11.9. The fourth-order valence-corrected chi connectivity index (χ4v) is 2.09. The number of hydrogen-bond donors (Lipinski definition) is 2. The molecule has 0 atom stereocenters. The van der Waals surface area contributed by atoms with Crippen LogP contribution in [0, 0.1) is 0 Å². The van der Waals surface area contributed by atoms with Crippen LogP contribution in [0.15, 0.2) is 36.5 Å². The van der Waals surface area contributed by atoms with Crippen molar-refractivity contribution in [2.75, 3.05) is 12.4 Å². The number of carbonyl (C=O) groups is 1. The Morgan fingerprint density at radius 3 is 2.85 bits per heavy atom. The number of para-hydroxylation sites is 1. The van der Waals surface area contributed by atoms with E-state index in [-0.39, 0.29) is 5.91 Å². The van der Waals surface area contributed by atoms with Crippen molar-refractivity contribution in [3.05, 3.63) is 47.8 Å². The molecule has 2 N–H and O–H groups in total. The number of amides is 1. The van der Waals surface area contributed by atoms with Crippen LogP contribution in [0.25, 0.3) is 0 Å². The van der Waals surface area contributed by atoms with E-state index in [0.29, 0.717) is 13.0 Å². The summed E-state index contributed by atoms with van der Waals surface area (Å²) < 4.78 is 1.95. The SMILES string of the molecule is CCn1nccc1CNc1ccccc1CC(=O)NC. The van der Waals surface area contributed by atoms with Gasteiger partial charge < -0.3 is 10.6 Å². The summed E-state index contributed by atoms with van der Waals surface area (Å²) in [4.78, 5) is 11.5. The molecule has 1 aromatic carbocycles. The van der Waals surface area contributed by atoms with Gasteiger partial charge in [0.1, 0.15) is 0 Å². The fraction of sp³-hybridized carbons (Fsp3) is 0.333. The topological polar surface area (TPSA) is 59.0 Å². The molecule has 0 fully saturated rings. The van der Waals surface area contributed by atoms with E-state index in [1.165, 1.54) is 0 Å². The van der Waals surface area contributed by atoms with Crippen LogP contribution < -0.4 is 10.6 Å². The van der Waals surface area contributed by atoms with Crippen LogP contribution in [0.1, 0.15) is 18.2 Å². The van der Waals surface area contributed by atoms with Gasteiger partial charge in [0.05, 0.1) is 18.7 Å². The molecule has 106 valence electrons. The van der Waals surface area contributed by atoms with Gasteiger partial charge in [-0.1, -0.05) is 18.2 Å². The Bertz CT molecular complexity index is 577. The van der Waals surface area contributed by atoms with E-state index >= 15 is 0 Å². The first-order valence-corrected chi connectivity index (χ1v) is 6.77. The summed E-state index contributed by atoms with van der Waals surface area (Å²) in [7, 11) is 1.65. The summed E-state index contributed by atoms with van der Waals surface area (Å²) in [6, 6.07) is 9.87. The molecule has 1 heterocycles.